The Morgan fingerprint density at radius 2 is 2.25 bits per heavy atom. The SMILES string of the molecule is [2H]C([2H])(OP1(=O)OCc2cc(F)ccc2O1)[C@@]1(F)O[C@@]([2H])(n2cc(CO)c(=S)[nH]c2=O)[C@H](O)[C@@H]1O. The van der Waals surface area contributed by atoms with Crippen LogP contribution in [0.25, 0.3) is 0 Å². The summed E-state index contributed by atoms with van der Waals surface area (Å²) >= 11 is 4.83. The Kier molecular flexibility index (Phi) is 5.10. The van der Waals surface area contributed by atoms with Crippen molar-refractivity contribution in [3.05, 3.63) is 56.5 Å². The molecule has 1 unspecified atom stereocenters. The minimum absolute atomic E-state index is 0.0915. The molecule has 1 aromatic heterocycles. The van der Waals surface area contributed by atoms with Gasteiger partial charge in [0.15, 0.2) is 6.20 Å². The molecule has 5 atom stereocenters. The molecule has 0 bridgehead atoms. The number of alkyl halides is 1. The molecular formula is C17H17F2N2O9PS. The number of hydrogen-bond donors (Lipinski definition) is 4. The van der Waals surface area contributed by atoms with Crippen molar-refractivity contribution in [2.75, 3.05) is 6.56 Å². The molecule has 15 heteroatoms. The molecule has 32 heavy (non-hydrogen) atoms. The standard InChI is InChI=1S/C17H17F2N2O9PS/c18-10-1-2-11-8(3-10)6-27-31(26,30-11)28-7-17(19)13(24)12(23)15(29-17)21-4-9(5-22)14(32)20-16(21)25/h1-4,12-13,15,22-24H,5-7H2,(H,20,25,32)/t12-,13+,15-,17-,31?/m1/s1/i7D2,15D. The summed E-state index contributed by atoms with van der Waals surface area (Å²) in [5.74, 6) is -5.00. The number of fused-ring (bicyclic) bond motifs is 1. The number of rotatable bonds is 5. The molecule has 0 saturated carbocycles. The number of halogens is 2. The maximum Gasteiger partial charge on any atom is 0.530 e. The molecule has 2 aliphatic heterocycles. The van der Waals surface area contributed by atoms with E-state index >= 15 is 4.39 Å². The van der Waals surface area contributed by atoms with Crippen molar-refractivity contribution in [3.63, 3.8) is 0 Å². The van der Waals surface area contributed by atoms with Crippen molar-refractivity contribution < 1.29 is 51.1 Å². The number of benzene rings is 1. The highest BCUT2D eigenvalue weighted by molar-refractivity contribution is 7.71. The smallest absolute Gasteiger partial charge is 0.404 e. The Hall–Kier alpha value is -2.03. The maximum atomic E-state index is 15.9. The van der Waals surface area contributed by atoms with Crippen molar-refractivity contribution in [3.8, 4) is 5.75 Å². The largest absolute Gasteiger partial charge is 0.530 e. The minimum Gasteiger partial charge on any atom is -0.404 e. The van der Waals surface area contributed by atoms with Crippen LogP contribution in [0.4, 0.5) is 8.78 Å². The average Bonchev–Trinajstić information content (AvgIpc) is 2.95. The summed E-state index contributed by atoms with van der Waals surface area (Å²) in [6.07, 6.45) is -7.95. The lowest BCUT2D eigenvalue weighted by Crippen LogP contribution is -2.43. The number of aliphatic hydroxyl groups excluding tert-OH is 3. The first kappa shape index (κ1) is 19.4. The number of aliphatic hydroxyl groups is 3. The van der Waals surface area contributed by atoms with Crippen LogP contribution >= 0.6 is 20.0 Å². The first-order valence-electron chi connectivity index (χ1n) is 10.3. The van der Waals surface area contributed by atoms with Crippen LogP contribution in [0.5, 0.6) is 5.75 Å². The highest BCUT2D eigenvalue weighted by atomic mass is 32.1. The molecule has 0 aliphatic carbocycles. The van der Waals surface area contributed by atoms with Crippen molar-refractivity contribution in [1.82, 2.24) is 9.55 Å². The van der Waals surface area contributed by atoms with Crippen LogP contribution in [0.15, 0.2) is 29.2 Å². The molecular weight excluding hydrogens is 477 g/mol. The van der Waals surface area contributed by atoms with Crippen LogP contribution < -0.4 is 10.2 Å². The van der Waals surface area contributed by atoms with Gasteiger partial charge in [0, 0.05) is 17.3 Å². The topological polar surface area (TPSA) is 152 Å². The van der Waals surface area contributed by atoms with Gasteiger partial charge < -0.3 is 24.6 Å². The molecule has 4 N–H and O–H groups in total. The average molecular weight is 497 g/mol. The Labute approximate surface area is 187 Å². The van der Waals surface area contributed by atoms with Gasteiger partial charge in [0.25, 0.3) is 5.85 Å². The van der Waals surface area contributed by atoms with Crippen LogP contribution in [0, 0.1) is 10.5 Å². The number of phosphoric ester groups is 1. The van der Waals surface area contributed by atoms with Crippen molar-refractivity contribution in [2.24, 2.45) is 0 Å². The Morgan fingerprint density at radius 3 is 2.97 bits per heavy atom. The van der Waals surface area contributed by atoms with Crippen molar-refractivity contribution >= 4 is 20.0 Å². The van der Waals surface area contributed by atoms with Crippen LogP contribution in [-0.4, -0.2) is 49.5 Å². The summed E-state index contributed by atoms with van der Waals surface area (Å²) in [4.78, 5) is 14.4. The summed E-state index contributed by atoms with van der Waals surface area (Å²) in [6, 6.07) is 2.98. The van der Waals surface area contributed by atoms with Gasteiger partial charge in [0.2, 0.25) is 0 Å². The van der Waals surface area contributed by atoms with Gasteiger partial charge in [-0.05, 0) is 18.2 Å². The summed E-state index contributed by atoms with van der Waals surface area (Å²) in [5, 5.41) is 30.1. The van der Waals surface area contributed by atoms with E-state index in [0.29, 0.717) is 0 Å². The summed E-state index contributed by atoms with van der Waals surface area (Å²) in [7, 11) is -4.96. The molecule has 1 saturated heterocycles. The lowest BCUT2D eigenvalue weighted by atomic mass is 10.1. The number of phosphoric acid groups is 1. The van der Waals surface area contributed by atoms with E-state index in [1.54, 1.807) is 0 Å². The molecule has 11 nitrogen and oxygen atoms in total. The normalized spacial score (nSPS) is 36.0. The fourth-order valence-corrected chi connectivity index (χ4v) is 4.18. The second-order valence-corrected chi connectivity index (χ2v) is 8.60. The van der Waals surface area contributed by atoms with Crippen molar-refractivity contribution in [1.29, 1.82) is 0 Å². The zero-order valence-corrected chi connectivity index (χ0v) is 17.4. The number of aromatic amines is 1. The van der Waals surface area contributed by atoms with E-state index in [0.717, 1.165) is 24.4 Å². The Bertz CT molecular complexity index is 1350. The Morgan fingerprint density at radius 1 is 1.50 bits per heavy atom. The number of aromatic nitrogens is 2. The highest BCUT2D eigenvalue weighted by Crippen LogP contribution is 2.55. The van der Waals surface area contributed by atoms with Gasteiger partial charge in [-0.2, -0.15) is 0 Å². The second-order valence-electron chi connectivity index (χ2n) is 6.67. The molecule has 174 valence electrons. The number of ether oxygens (including phenoxy) is 1. The Balaban J connectivity index is 1.68. The second kappa shape index (κ2) is 8.39. The van der Waals surface area contributed by atoms with Crippen LogP contribution in [0.3, 0.4) is 0 Å². The zero-order valence-electron chi connectivity index (χ0n) is 18.7. The van der Waals surface area contributed by atoms with Gasteiger partial charge in [-0.15, -0.1) is 0 Å². The van der Waals surface area contributed by atoms with E-state index in [-0.39, 0.29) is 26.1 Å². The fraction of sp³-hybridized carbons (Fsp3) is 0.412. The van der Waals surface area contributed by atoms with E-state index in [4.69, 9.17) is 30.1 Å². The van der Waals surface area contributed by atoms with E-state index in [2.05, 4.69) is 9.51 Å². The third-order valence-electron chi connectivity index (χ3n) is 4.52. The molecule has 0 radical (unpaired) electrons. The first-order chi connectivity index (χ1) is 16.2. The highest BCUT2D eigenvalue weighted by Gasteiger charge is 2.57. The maximum absolute atomic E-state index is 15.9. The molecule has 1 fully saturated rings. The van der Waals surface area contributed by atoms with E-state index in [9.17, 15) is 29.1 Å². The van der Waals surface area contributed by atoms with Crippen LogP contribution in [0.1, 0.15) is 21.4 Å². The molecule has 1 aromatic carbocycles. The molecule has 0 amide bonds. The number of nitrogens with one attached hydrogen (secondary N) is 1. The third-order valence-corrected chi connectivity index (χ3v) is 6.06. The van der Waals surface area contributed by atoms with Gasteiger partial charge in [0.1, 0.15) is 35.0 Å². The van der Waals surface area contributed by atoms with Gasteiger partial charge in [-0.3, -0.25) is 18.6 Å². The summed E-state index contributed by atoms with van der Waals surface area (Å²) in [6.45, 7) is -5.23. The predicted octanol–water partition coefficient (Wildman–Crippen LogP) is 1.19. The summed E-state index contributed by atoms with van der Waals surface area (Å²) < 4.78 is 85.5. The van der Waals surface area contributed by atoms with Gasteiger partial charge >= 0.3 is 13.5 Å². The molecule has 3 heterocycles. The monoisotopic (exact) mass is 497 g/mol. The van der Waals surface area contributed by atoms with Crippen molar-refractivity contribution in [2.45, 2.75) is 37.5 Å². The zero-order chi connectivity index (χ0) is 26.0. The van der Waals surface area contributed by atoms with Crippen LogP contribution in [0.2, 0.25) is 0 Å². The lowest BCUT2D eigenvalue weighted by Gasteiger charge is -2.28. The van der Waals surface area contributed by atoms with Gasteiger partial charge in [-0.1, -0.05) is 12.2 Å². The van der Waals surface area contributed by atoms with Gasteiger partial charge in [-0.25, -0.2) is 18.1 Å². The van der Waals surface area contributed by atoms with E-state index in [1.165, 1.54) is 0 Å². The predicted molar refractivity (Wildman–Crippen MR) is 103 cm³/mol. The molecule has 4 rings (SSSR count). The molecule has 0 spiro atoms. The van der Waals surface area contributed by atoms with E-state index < -0.39 is 63.4 Å². The number of nitrogens with zero attached hydrogens (tertiary/aromatic N) is 1. The fourth-order valence-electron chi connectivity index (χ4n) is 2.88. The number of H-pyrrole nitrogens is 1. The third kappa shape index (κ3) is 4.16. The van der Waals surface area contributed by atoms with Crippen LogP contribution in [-0.2, 0) is 31.6 Å². The first-order valence-corrected chi connectivity index (χ1v) is 10.7. The minimum atomic E-state index is -4.96. The molecule has 2 aromatic rings. The van der Waals surface area contributed by atoms with E-state index in [1.807, 2.05) is 0 Å². The summed E-state index contributed by atoms with van der Waals surface area (Å²) in [5.41, 5.74) is -1.28. The quantitative estimate of drug-likeness (QED) is 0.350. The van der Waals surface area contributed by atoms with Gasteiger partial charge in [0.05, 0.1) is 17.3 Å². The molecule has 2 aliphatic rings. The lowest BCUT2D eigenvalue weighted by molar-refractivity contribution is -0.205. The number of hydrogen-bond acceptors (Lipinski definition) is 10.